The van der Waals surface area contributed by atoms with E-state index in [0.29, 0.717) is 32.6 Å². The Bertz CT molecular complexity index is 1110. The first-order chi connectivity index (χ1) is 14.5. The third kappa shape index (κ3) is 4.17. The van der Waals surface area contributed by atoms with Crippen LogP contribution in [0.25, 0.3) is 6.08 Å². The summed E-state index contributed by atoms with van der Waals surface area (Å²) in [6, 6.07) is 21.2. The van der Waals surface area contributed by atoms with Gasteiger partial charge in [0.2, 0.25) is 0 Å². The monoisotopic (exact) mass is 438 g/mol. The molecule has 0 spiro atoms. The minimum Gasteiger partial charge on any atom is -0.489 e. The van der Waals surface area contributed by atoms with Crippen molar-refractivity contribution in [2.75, 3.05) is 5.01 Å². The van der Waals surface area contributed by atoms with Crippen LogP contribution in [0.15, 0.2) is 78.4 Å². The number of carbonyl (C=O) groups excluding carboxylic acids is 2. The van der Waals surface area contributed by atoms with E-state index in [1.54, 1.807) is 72.8 Å². The molecule has 0 aromatic heterocycles. The molecule has 5 nitrogen and oxygen atoms in total. The van der Waals surface area contributed by atoms with E-state index in [-0.39, 0.29) is 12.2 Å². The number of benzene rings is 3. The van der Waals surface area contributed by atoms with E-state index in [0.717, 1.165) is 0 Å². The van der Waals surface area contributed by atoms with Crippen molar-refractivity contribution in [3.63, 3.8) is 0 Å². The molecule has 1 aliphatic rings. The molecule has 7 heteroatoms. The highest BCUT2D eigenvalue weighted by molar-refractivity contribution is 6.36. The number of nitrogens with zero attached hydrogens (tertiary/aromatic N) is 1. The summed E-state index contributed by atoms with van der Waals surface area (Å²) >= 11 is 12.3. The summed E-state index contributed by atoms with van der Waals surface area (Å²) < 4.78 is 5.75. The Morgan fingerprint density at radius 3 is 2.20 bits per heavy atom. The van der Waals surface area contributed by atoms with Gasteiger partial charge < -0.3 is 4.74 Å². The highest BCUT2D eigenvalue weighted by atomic mass is 35.5. The quantitative estimate of drug-likeness (QED) is 0.448. The van der Waals surface area contributed by atoms with Gasteiger partial charge in [0.15, 0.2) is 0 Å². The van der Waals surface area contributed by atoms with Crippen LogP contribution in [0, 0.1) is 0 Å². The Morgan fingerprint density at radius 2 is 1.53 bits per heavy atom. The highest BCUT2D eigenvalue weighted by Crippen LogP contribution is 2.26. The lowest BCUT2D eigenvalue weighted by Crippen LogP contribution is -2.35. The Balaban J connectivity index is 1.47. The van der Waals surface area contributed by atoms with Gasteiger partial charge in [-0.25, -0.2) is 5.01 Å². The van der Waals surface area contributed by atoms with E-state index >= 15 is 0 Å². The zero-order valence-electron chi connectivity index (χ0n) is 15.6. The second kappa shape index (κ2) is 8.61. The number of hydrazine groups is 1. The van der Waals surface area contributed by atoms with Crippen LogP contribution in [0.2, 0.25) is 10.0 Å². The van der Waals surface area contributed by atoms with Crippen LogP contribution in [-0.4, -0.2) is 11.8 Å². The van der Waals surface area contributed by atoms with Gasteiger partial charge in [0.1, 0.15) is 17.9 Å². The van der Waals surface area contributed by atoms with Crippen molar-refractivity contribution in [2.24, 2.45) is 0 Å². The molecular weight excluding hydrogens is 423 g/mol. The summed E-state index contributed by atoms with van der Waals surface area (Å²) in [5.74, 6) is -0.237. The molecule has 0 aliphatic carbocycles. The van der Waals surface area contributed by atoms with Gasteiger partial charge in [-0.05, 0) is 48.0 Å². The first-order valence-corrected chi connectivity index (χ1v) is 9.86. The van der Waals surface area contributed by atoms with Crippen molar-refractivity contribution in [3.8, 4) is 5.75 Å². The summed E-state index contributed by atoms with van der Waals surface area (Å²) in [5, 5.41) is 2.31. The molecule has 150 valence electrons. The minimum absolute atomic E-state index is 0.0652. The molecular formula is C23H16Cl2N2O3. The van der Waals surface area contributed by atoms with Gasteiger partial charge in [0.05, 0.1) is 5.69 Å². The number of para-hydroxylation sites is 1. The average molecular weight is 439 g/mol. The molecule has 30 heavy (non-hydrogen) atoms. The molecule has 1 fully saturated rings. The van der Waals surface area contributed by atoms with Crippen LogP contribution in [-0.2, 0) is 16.2 Å². The Kier molecular flexibility index (Phi) is 5.74. The molecule has 1 saturated heterocycles. The van der Waals surface area contributed by atoms with E-state index < -0.39 is 11.8 Å². The third-order valence-corrected chi connectivity index (χ3v) is 5.25. The van der Waals surface area contributed by atoms with Crippen molar-refractivity contribution < 1.29 is 14.3 Å². The maximum atomic E-state index is 12.6. The number of halogens is 2. The third-order valence-electron chi connectivity index (χ3n) is 4.54. The molecule has 1 N–H and O–H groups in total. The summed E-state index contributed by atoms with van der Waals surface area (Å²) in [6.45, 7) is 0.228. The molecule has 1 aliphatic heterocycles. The van der Waals surface area contributed by atoms with Crippen LogP contribution in [0.3, 0.4) is 0 Å². The van der Waals surface area contributed by atoms with Crippen LogP contribution >= 0.6 is 23.2 Å². The predicted octanol–water partition coefficient (Wildman–Crippen LogP) is 5.03. The first-order valence-electron chi connectivity index (χ1n) is 9.11. The lowest BCUT2D eigenvalue weighted by molar-refractivity contribution is -0.117. The second-order valence-corrected chi connectivity index (χ2v) is 7.35. The van der Waals surface area contributed by atoms with Crippen LogP contribution in [0.1, 0.15) is 11.1 Å². The normalized spacial score (nSPS) is 14.9. The van der Waals surface area contributed by atoms with Gasteiger partial charge in [-0.3, -0.25) is 15.0 Å². The zero-order valence-corrected chi connectivity index (χ0v) is 17.2. The number of hydrogen-bond acceptors (Lipinski definition) is 3. The summed E-state index contributed by atoms with van der Waals surface area (Å²) in [4.78, 5) is 24.9. The van der Waals surface area contributed by atoms with Gasteiger partial charge >= 0.3 is 0 Å². The summed E-state index contributed by atoms with van der Waals surface area (Å²) in [5.41, 5.74) is 4.65. The van der Waals surface area contributed by atoms with E-state index in [9.17, 15) is 9.59 Å². The fourth-order valence-corrected chi connectivity index (χ4v) is 3.48. The molecule has 0 unspecified atom stereocenters. The number of carbonyl (C=O) groups is 2. The molecule has 4 rings (SSSR count). The smallest absolute Gasteiger partial charge is 0.282 e. The standard InChI is InChI=1S/C23H16Cl2N2O3/c24-20-7-4-8-21(25)19(20)14-30-17-11-9-15(10-12-17)13-18-22(28)26-27(23(18)29)16-5-2-1-3-6-16/h1-13H,14H2,(H,26,28)/b18-13+. The zero-order chi connectivity index (χ0) is 21.1. The number of anilines is 1. The Labute approximate surface area is 183 Å². The predicted molar refractivity (Wildman–Crippen MR) is 117 cm³/mol. The minimum atomic E-state index is -0.447. The maximum Gasteiger partial charge on any atom is 0.282 e. The molecule has 3 aromatic rings. The average Bonchev–Trinajstić information content (AvgIpc) is 3.03. The van der Waals surface area contributed by atoms with Crippen molar-refractivity contribution in [1.82, 2.24) is 5.43 Å². The van der Waals surface area contributed by atoms with Gasteiger partial charge in [0.25, 0.3) is 11.8 Å². The molecule has 3 aromatic carbocycles. The van der Waals surface area contributed by atoms with Crippen molar-refractivity contribution in [2.45, 2.75) is 6.61 Å². The van der Waals surface area contributed by atoms with Crippen LogP contribution in [0.5, 0.6) is 5.75 Å². The molecule has 0 bridgehead atoms. The lowest BCUT2D eigenvalue weighted by Gasteiger charge is -2.13. The van der Waals surface area contributed by atoms with Gasteiger partial charge in [-0.1, -0.05) is 59.6 Å². The number of nitrogens with one attached hydrogen (secondary N) is 1. The fourth-order valence-electron chi connectivity index (χ4n) is 2.97. The number of rotatable bonds is 5. The Hall–Kier alpha value is -3.28. The van der Waals surface area contributed by atoms with E-state index in [2.05, 4.69) is 5.43 Å². The maximum absolute atomic E-state index is 12.6. The van der Waals surface area contributed by atoms with E-state index in [1.165, 1.54) is 5.01 Å². The SMILES string of the molecule is O=C1NN(c2ccccc2)C(=O)/C1=C/c1ccc(OCc2c(Cl)cccc2Cl)cc1. The lowest BCUT2D eigenvalue weighted by atomic mass is 10.1. The van der Waals surface area contributed by atoms with Crippen LogP contribution in [0.4, 0.5) is 5.69 Å². The van der Waals surface area contributed by atoms with Crippen molar-refractivity contribution in [3.05, 3.63) is 99.5 Å². The van der Waals surface area contributed by atoms with E-state index in [1.807, 2.05) is 6.07 Å². The van der Waals surface area contributed by atoms with Gasteiger partial charge in [-0.2, -0.15) is 0 Å². The van der Waals surface area contributed by atoms with Crippen molar-refractivity contribution >= 4 is 46.8 Å². The van der Waals surface area contributed by atoms with E-state index in [4.69, 9.17) is 27.9 Å². The highest BCUT2D eigenvalue weighted by Gasteiger charge is 2.34. The summed E-state index contributed by atoms with van der Waals surface area (Å²) in [7, 11) is 0. The van der Waals surface area contributed by atoms with Crippen molar-refractivity contribution in [1.29, 1.82) is 0 Å². The number of hydrogen-bond donors (Lipinski definition) is 1. The Morgan fingerprint density at radius 1 is 0.867 bits per heavy atom. The molecule has 0 radical (unpaired) electrons. The largest absolute Gasteiger partial charge is 0.489 e. The fraction of sp³-hybridized carbons (Fsp3) is 0.0435. The van der Waals surface area contributed by atoms with Gasteiger partial charge in [-0.15, -0.1) is 0 Å². The molecule has 1 heterocycles. The number of amides is 2. The second-order valence-electron chi connectivity index (χ2n) is 6.53. The molecule has 0 atom stereocenters. The first kappa shape index (κ1) is 20.0. The molecule has 0 saturated carbocycles. The van der Waals surface area contributed by atoms with Crippen LogP contribution < -0.4 is 15.2 Å². The number of ether oxygens (including phenoxy) is 1. The van der Waals surface area contributed by atoms with Gasteiger partial charge in [0, 0.05) is 15.6 Å². The topological polar surface area (TPSA) is 58.6 Å². The molecule has 2 amide bonds. The summed E-state index contributed by atoms with van der Waals surface area (Å²) in [6.07, 6.45) is 1.55.